The fraction of sp³-hybridized carbons (Fsp3) is 0.316. The lowest BCUT2D eigenvalue weighted by atomic mass is 9.76. The van der Waals surface area contributed by atoms with E-state index in [1.54, 1.807) is 0 Å². The van der Waals surface area contributed by atoms with Crippen molar-refractivity contribution in [3.63, 3.8) is 0 Å². The second-order valence-electron chi connectivity index (χ2n) is 6.69. The molecule has 0 saturated carbocycles. The molecule has 142 valence electrons. The van der Waals surface area contributed by atoms with Crippen LogP contribution in [0.3, 0.4) is 0 Å². The molecule has 1 aromatic heterocycles. The highest BCUT2D eigenvalue weighted by molar-refractivity contribution is 7.21. The third-order valence-electron chi connectivity index (χ3n) is 4.95. The summed E-state index contributed by atoms with van der Waals surface area (Å²) in [6.45, 7) is 3.72. The number of hydrogen-bond acceptors (Lipinski definition) is 5. The molecule has 2 aromatic rings. The zero-order valence-corrected chi connectivity index (χ0v) is 16.4. The number of fused-ring (bicyclic) bond motifs is 1. The summed E-state index contributed by atoms with van der Waals surface area (Å²) in [7, 11) is 0. The molecule has 0 saturated heterocycles. The van der Waals surface area contributed by atoms with Crippen LogP contribution >= 0.6 is 22.9 Å². The summed E-state index contributed by atoms with van der Waals surface area (Å²) in [5.41, 5.74) is 6.61. The predicted octanol–water partition coefficient (Wildman–Crippen LogP) is 2.43. The molecule has 1 aromatic carbocycles. The zero-order chi connectivity index (χ0) is 19.7. The van der Waals surface area contributed by atoms with Crippen LogP contribution in [0.1, 0.15) is 36.4 Å². The summed E-state index contributed by atoms with van der Waals surface area (Å²) in [4.78, 5) is 36.6. The van der Waals surface area contributed by atoms with E-state index in [-0.39, 0.29) is 11.3 Å². The molecule has 8 heteroatoms. The van der Waals surface area contributed by atoms with Crippen LogP contribution in [0.2, 0.25) is 5.02 Å². The highest BCUT2D eigenvalue weighted by atomic mass is 35.5. The minimum absolute atomic E-state index is 0.266. The number of halogens is 1. The van der Waals surface area contributed by atoms with Gasteiger partial charge in [-0.15, -0.1) is 11.3 Å². The van der Waals surface area contributed by atoms with Crippen LogP contribution in [-0.4, -0.2) is 17.8 Å². The van der Waals surface area contributed by atoms with Crippen molar-refractivity contribution in [1.29, 1.82) is 0 Å². The van der Waals surface area contributed by atoms with E-state index in [1.807, 2.05) is 38.1 Å². The molecule has 1 heterocycles. The molecule has 6 nitrogen and oxygen atoms in total. The molecule has 0 aliphatic heterocycles. The van der Waals surface area contributed by atoms with Crippen LogP contribution in [0.5, 0.6) is 0 Å². The lowest BCUT2D eigenvalue weighted by Gasteiger charge is -2.32. The molecule has 1 aliphatic rings. The number of hydrazine groups is 1. The van der Waals surface area contributed by atoms with E-state index in [1.165, 1.54) is 11.3 Å². The van der Waals surface area contributed by atoms with Crippen LogP contribution in [0.25, 0.3) is 10.1 Å². The Bertz CT molecular complexity index is 966. The Morgan fingerprint density at radius 3 is 2.33 bits per heavy atom. The Kier molecular flexibility index (Phi) is 5.53. The molecule has 2 amide bonds. The van der Waals surface area contributed by atoms with Gasteiger partial charge in [0.15, 0.2) is 0 Å². The monoisotopic (exact) mass is 405 g/mol. The smallest absolute Gasteiger partial charge is 0.281 e. The van der Waals surface area contributed by atoms with Gasteiger partial charge in [-0.05, 0) is 32.8 Å². The van der Waals surface area contributed by atoms with Gasteiger partial charge in [-0.25, -0.2) is 0 Å². The number of allylic oxidation sites excluding steroid dienone is 2. The molecular formula is C19H18ClN2O4S-. The van der Waals surface area contributed by atoms with Gasteiger partial charge in [0.05, 0.1) is 10.9 Å². The van der Waals surface area contributed by atoms with Crippen LogP contribution in [0, 0.1) is 11.8 Å². The highest BCUT2D eigenvalue weighted by Gasteiger charge is 2.33. The molecule has 3 rings (SSSR count). The van der Waals surface area contributed by atoms with Gasteiger partial charge in [0, 0.05) is 22.0 Å². The highest BCUT2D eigenvalue weighted by Crippen LogP contribution is 2.35. The Balaban J connectivity index is 1.71. The lowest BCUT2D eigenvalue weighted by molar-refractivity contribution is -0.313. The maximum Gasteiger partial charge on any atom is 0.281 e. The average molecular weight is 406 g/mol. The predicted molar refractivity (Wildman–Crippen MR) is 102 cm³/mol. The number of thiophene rings is 1. The fourth-order valence-electron chi connectivity index (χ4n) is 3.24. The molecule has 2 N–H and O–H groups in total. The fourth-order valence-corrected chi connectivity index (χ4v) is 4.66. The summed E-state index contributed by atoms with van der Waals surface area (Å²) in [5, 5.41) is 12.5. The number of aliphatic carboxylic acids is 1. The quantitative estimate of drug-likeness (QED) is 0.605. The summed E-state index contributed by atoms with van der Waals surface area (Å²) in [6.07, 6.45) is 0.582. The van der Waals surface area contributed by atoms with Crippen molar-refractivity contribution in [2.75, 3.05) is 0 Å². The zero-order valence-electron chi connectivity index (χ0n) is 14.8. The van der Waals surface area contributed by atoms with E-state index in [2.05, 4.69) is 10.9 Å². The van der Waals surface area contributed by atoms with E-state index in [0.717, 1.165) is 21.2 Å². The van der Waals surface area contributed by atoms with Crippen LogP contribution in [0.15, 0.2) is 35.4 Å². The molecule has 0 spiro atoms. The SMILES string of the molecule is CC1=C(C)C[C@@H](C(=O)[O-])[C@@H](C(=O)NNC(=O)c2sc3ccccc3c2Cl)C1. The number of carbonyl (C=O) groups is 3. The molecule has 1 aliphatic carbocycles. The van der Waals surface area contributed by atoms with Crippen LogP contribution < -0.4 is 16.0 Å². The summed E-state index contributed by atoms with van der Waals surface area (Å²) in [6, 6.07) is 7.34. The Labute approximate surface area is 165 Å². The van der Waals surface area contributed by atoms with E-state index < -0.39 is 29.6 Å². The number of carboxylic acids is 1. The molecule has 0 fully saturated rings. The maximum absolute atomic E-state index is 12.5. The first-order valence-electron chi connectivity index (χ1n) is 8.43. The first kappa shape index (κ1) is 19.4. The number of benzene rings is 1. The molecule has 2 atom stereocenters. The normalized spacial score (nSPS) is 19.8. The van der Waals surface area contributed by atoms with Crippen molar-refractivity contribution in [2.24, 2.45) is 11.8 Å². The lowest BCUT2D eigenvalue weighted by Crippen LogP contribution is -2.49. The van der Waals surface area contributed by atoms with Gasteiger partial charge in [-0.2, -0.15) is 0 Å². The number of nitrogens with one attached hydrogen (secondary N) is 2. The molecular weight excluding hydrogens is 388 g/mol. The topological polar surface area (TPSA) is 98.3 Å². The number of hydrogen-bond donors (Lipinski definition) is 2. The second kappa shape index (κ2) is 7.70. The minimum Gasteiger partial charge on any atom is -0.550 e. The van der Waals surface area contributed by atoms with Crippen molar-refractivity contribution in [3.8, 4) is 0 Å². The van der Waals surface area contributed by atoms with Gasteiger partial charge >= 0.3 is 0 Å². The van der Waals surface area contributed by atoms with Gasteiger partial charge in [0.2, 0.25) is 5.91 Å². The third kappa shape index (κ3) is 3.84. The van der Waals surface area contributed by atoms with E-state index in [9.17, 15) is 19.5 Å². The van der Waals surface area contributed by atoms with E-state index in [0.29, 0.717) is 11.4 Å². The minimum atomic E-state index is -1.26. The first-order valence-corrected chi connectivity index (χ1v) is 9.62. The number of carboxylic acid groups (broad SMARTS) is 1. The van der Waals surface area contributed by atoms with Gasteiger partial charge in [-0.1, -0.05) is 40.9 Å². The van der Waals surface area contributed by atoms with Crippen molar-refractivity contribution >= 4 is 50.8 Å². The van der Waals surface area contributed by atoms with Crippen LogP contribution in [-0.2, 0) is 9.59 Å². The van der Waals surface area contributed by atoms with Gasteiger partial charge in [-0.3, -0.25) is 20.4 Å². The Morgan fingerprint density at radius 1 is 1.07 bits per heavy atom. The summed E-state index contributed by atoms with van der Waals surface area (Å²) < 4.78 is 0.861. The van der Waals surface area contributed by atoms with Crippen molar-refractivity contribution < 1.29 is 19.5 Å². The van der Waals surface area contributed by atoms with Crippen molar-refractivity contribution in [1.82, 2.24) is 10.9 Å². The Hall–Kier alpha value is -2.38. The van der Waals surface area contributed by atoms with Gasteiger partial charge < -0.3 is 9.90 Å². The largest absolute Gasteiger partial charge is 0.550 e. The molecule has 27 heavy (non-hydrogen) atoms. The number of amides is 2. The van der Waals surface area contributed by atoms with Crippen molar-refractivity contribution in [3.05, 3.63) is 45.3 Å². The molecule has 0 bridgehead atoms. The van der Waals surface area contributed by atoms with E-state index >= 15 is 0 Å². The van der Waals surface area contributed by atoms with E-state index in [4.69, 9.17) is 11.6 Å². The summed E-state index contributed by atoms with van der Waals surface area (Å²) >= 11 is 7.48. The van der Waals surface area contributed by atoms with Gasteiger partial charge in [0.25, 0.3) is 5.91 Å². The molecule has 0 unspecified atom stereocenters. The number of rotatable bonds is 3. The maximum atomic E-state index is 12.5. The standard InChI is InChI=1S/C19H19ClN2O4S/c1-9-7-12(13(19(25)26)8-10(9)2)17(23)21-22-18(24)16-15(20)11-5-3-4-6-14(11)27-16/h3-6,12-13H,7-8H2,1-2H3,(H,21,23)(H,22,24)(H,25,26)/p-1/t12-,13+/m0/s1. The average Bonchev–Trinajstić information content (AvgIpc) is 2.98. The summed E-state index contributed by atoms with van der Waals surface area (Å²) in [5.74, 6) is -4.07. The second-order valence-corrected chi connectivity index (χ2v) is 8.12. The molecule has 0 radical (unpaired) electrons. The van der Waals surface area contributed by atoms with Gasteiger partial charge in [0.1, 0.15) is 4.88 Å². The third-order valence-corrected chi connectivity index (χ3v) is 6.62. The van der Waals surface area contributed by atoms with Crippen LogP contribution in [0.4, 0.5) is 0 Å². The number of carbonyl (C=O) groups excluding carboxylic acids is 3. The van der Waals surface area contributed by atoms with Crippen molar-refractivity contribution in [2.45, 2.75) is 26.7 Å². The first-order chi connectivity index (χ1) is 12.8. The Morgan fingerprint density at radius 2 is 1.70 bits per heavy atom.